The topological polar surface area (TPSA) is 164 Å². The molecule has 0 aliphatic carbocycles. The monoisotopic (exact) mass is 473 g/mol. The molecule has 3 aromatic rings. The number of H-pyrrole nitrogens is 1. The lowest BCUT2D eigenvalue weighted by Crippen LogP contribution is -2.50. The zero-order valence-electron chi connectivity index (χ0n) is 17.4. The first kappa shape index (κ1) is 22.3. The summed E-state index contributed by atoms with van der Waals surface area (Å²) in [6, 6.07) is 7.47. The van der Waals surface area contributed by atoms with Crippen LogP contribution < -0.4 is 5.56 Å². The van der Waals surface area contributed by atoms with E-state index in [9.17, 15) is 28.1 Å². The Balaban J connectivity index is 1.45. The van der Waals surface area contributed by atoms with E-state index in [0.717, 1.165) is 12.1 Å². The van der Waals surface area contributed by atoms with E-state index in [0.29, 0.717) is 17.1 Å². The van der Waals surface area contributed by atoms with Crippen LogP contribution in [0.5, 0.6) is 0 Å². The van der Waals surface area contributed by atoms with Crippen LogP contribution in [0.1, 0.15) is 16.1 Å². The van der Waals surface area contributed by atoms with Gasteiger partial charge in [0.1, 0.15) is 0 Å². The molecular formula is C19H19N7O6S. The summed E-state index contributed by atoms with van der Waals surface area (Å²) in [7, 11) is -3.84. The number of amides is 1. The van der Waals surface area contributed by atoms with E-state index in [2.05, 4.69) is 15.3 Å². The van der Waals surface area contributed by atoms with Gasteiger partial charge in [-0.15, -0.1) is 0 Å². The highest BCUT2D eigenvalue weighted by Crippen LogP contribution is 2.22. The van der Waals surface area contributed by atoms with Crippen molar-refractivity contribution in [3.63, 3.8) is 0 Å². The summed E-state index contributed by atoms with van der Waals surface area (Å²) in [6.07, 6.45) is 1.41. The van der Waals surface area contributed by atoms with Gasteiger partial charge in [0.05, 0.1) is 27.3 Å². The second-order valence-corrected chi connectivity index (χ2v) is 9.22. The van der Waals surface area contributed by atoms with Crippen molar-refractivity contribution in [1.82, 2.24) is 29.2 Å². The molecule has 1 N–H and O–H groups in total. The summed E-state index contributed by atoms with van der Waals surface area (Å²) in [4.78, 5) is 35.9. The molecule has 0 saturated carbocycles. The quantitative estimate of drug-likeness (QED) is 0.409. The molecule has 0 radical (unpaired) electrons. The van der Waals surface area contributed by atoms with Gasteiger partial charge in [-0.1, -0.05) is 0 Å². The third kappa shape index (κ3) is 4.25. The molecule has 33 heavy (non-hydrogen) atoms. The van der Waals surface area contributed by atoms with Crippen LogP contribution in [0.25, 0.3) is 5.82 Å². The van der Waals surface area contributed by atoms with Gasteiger partial charge in [0.15, 0.2) is 5.82 Å². The molecular weight excluding hydrogens is 454 g/mol. The van der Waals surface area contributed by atoms with Crippen molar-refractivity contribution < 1.29 is 18.1 Å². The van der Waals surface area contributed by atoms with Gasteiger partial charge in [-0.3, -0.25) is 19.7 Å². The Kier molecular flexibility index (Phi) is 5.78. The van der Waals surface area contributed by atoms with E-state index in [1.807, 2.05) is 0 Å². The first-order valence-electron chi connectivity index (χ1n) is 9.83. The average molecular weight is 473 g/mol. The molecule has 172 valence electrons. The molecule has 1 saturated heterocycles. The second kappa shape index (κ2) is 8.55. The summed E-state index contributed by atoms with van der Waals surface area (Å²) >= 11 is 0. The van der Waals surface area contributed by atoms with Crippen molar-refractivity contribution >= 4 is 21.6 Å². The molecule has 1 fully saturated rings. The summed E-state index contributed by atoms with van der Waals surface area (Å²) in [6.45, 7) is 2.21. The number of non-ortho nitro benzene ring substituents is 1. The minimum atomic E-state index is -3.84. The first-order valence-corrected chi connectivity index (χ1v) is 11.3. The Bertz CT molecular complexity index is 1350. The van der Waals surface area contributed by atoms with Gasteiger partial charge in [-0.05, 0) is 25.1 Å². The molecule has 14 heteroatoms. The van der Waals surface area contributed by atoms with E-state index in [1.165, 1.54) is 44.3 Å². The van der Waals surface area contributed by atoms with Gasteiger partial charge < -0.3 is 4.90 Å². The number of nitro groups is 1. The van der Waals surface area contributed by atoms with Crippen LogP contribution in [0.2, 0.25) is 0 Å². The maximum Gasteiger partial charge on any atom is 0.269 e. The van der Waals surface area contributed by atoms with Crippen LogP contribution in [0.3, 0.4) is 0 Å². The van der Waals surface area contributed by atoms with Crippen LogP contribution in [0.4, 0.5) is 5.69 Å². The Morgan fingerprint density at radius 2 is 1.76 bits per heavy atom. The molecule has 4 rings (SSSR count). The number of benzene rings is 1. The number of aromatic amines is 1. The molecule has 0 unspecified atom stereocenters. The molecule has 1 aliphatic heterocycles. The van der Waals surface area contributed by atoms with Gasteiger partial charge >= 0.3 is 0 Å². The molecule has 0 atom stereocenters. The number of carbonyl (C=O) groups is 1. The van der Waals surface area contributed by atoms with Gasteiger partial charge in [0.25, 0.3) is 17.2 Å². The van der Waals surface area contributed by atoms with Crippen LogP contribution in [0.15, 0.2) is 52.3 Å². The number of piperazine rings is 1. The summed E-state index contributed by atoms with van der Waals surface area (Å²) in [5.41, 5.74) is 0.314. The number of nitro benzene ring substituents is 1. The van der Waals surface area contributed by atoms with Crippen LogP contribution in [0, 0.1) is 17.0 Å². The molecule has 1 amide bonds. The number of hydrogen-bond donors (Lipinski definition) is 1. The van der Waals surface area contributed by atoms with Gasteiger partial charge in [-0.2, -0.15) is 14.5 Å². The van der Waals surface area contributed by atoms with E-state index in [4.69, 9.17) is 0 Å². The van der Waals surface area contributed by atoms with Crippen molar-refractivity contribution in [2.75, 3.05) is 26.2 Å². The van der Waals surface area contributed by atoms with E-state index >= 15 is 0 Å². The third-order valence-corrected chi connectivity index (χ3v) is 7.25. The minimum absolute atomic E-state index is 0.0431. The maximum atomic E-state index is 13.0. The van der Waals surface area contributed by atoms with Gasteiger partial charge in [0, 0.05) is 44.4 Å². The lowest BCUT2D eigenvalue weighted by molar-refractivity contribution is -0.384. The van der Waals surface area contributed by atoms with Crippen LogP contribution >= 0.6 is 0 Å². The highest BCUT2D eigenvalue weighted by molar-refractivity contribution is 7.89. The lowest BCUT2D eigenvalue weighted by atomic mass is 10.2. The SMILES string of the molecule is Cc1c(C(=O)N2CCN(S(=O)(=O)c3ccc([N+](=O)[O-])cc3)CC2)cnn1-c1ccc(=O)[nH]n1. The number of aromatic nitrogens is 4. The van der Waals surface area contributed by atoms with Crippen molar-refractivity contribution in [2.45, 2.75) is 11.8 Å². The van der Waals surface area contributed by atoms with Crippen LogP contribution in [-0.2, 0) is 10.0 Å². The standard InChI is InChI=1S/C19H19N7O6S/c1-13-16(12-20-25(13)17-6-7-18(27)22-21-17)19(28)23-8-10-24(11-9-23)33(31,32)15-4-2-14(3-5-15)26(29)30/h2-7,12H,8-11H2,1H3,(H,22,27). The number of hydrogen-bond acceptors (Lipinski definition) is 8. The number of rotatable bonds is 5. The largest absolute Gasteiger partial charge is 0.336 e. The highest BCUT2D eigenvalue weighted by atomic mass is 32.2. The predicted octanol–water partition coefficient (Wildman–Crippen LogP) is 0.319. The Morgan fingerprint density at radius 3 is 2.33 bits per heavy atom. The van der Waals surface area contributed by atoms with Crippen molar-refractivity contribution in [3.05, 3.63) is 74.3 Å². The Hall–Kier alpha value is -3.91. The lowest BCUT2D eigenvalue weighted by Gasteiger charge is -2.34. The van der Waals surface area contributed by atoms with E-state index in [-0.39, 0.29) is 48.2 Å². The van der Waals surface area contributed by atoms with Gasteiger partial charge in [0.2, 0.25) is 10.0 Å². The molecule has 2 aromatic heterocycles. The van der Waals surface area contributed by atoms with Crippen molar-refractivity contribution in [3.8, 4) is 5.82 Å². The summed E-state index contributed by atoms with van der Waals surface area (Å²) < 4.78 is 28.4. The summed E-state index contributed by atoms with van der Waals surface area (Å²) in [5.74, 6) is 0.0562. The Morgan fingerprint density at radius 1 is 1.09 bits per heavy atom. The van der Waals surface area contributed by atoms with Crippen LogP contribution in [-0.4, -0.2) is 74.6 Å². The van der Waals surface area contributed by atoms with Crippen molar-refractivity contribution in [2.24, 2.45) is 0 Å². The third-order valence-electron chi connectivity index (χ3n) is 5.33. The number of sulfonamides is 1. The molecule has 3 heterocycles. The minimum Gasteiger partial charge on any atom is -0.336 e. The molecule has 1 aliphatic rings. The first-order chi connectivity index (χ1) is 15.7. The van der Waals surface area contributed by atoms with Crippen molar-refractivity contribution in [1.29, 1.82) is 0 Å². The maximum absolute atomic E-state index is 13.0. The fourth-order valence-electron chi connectivity index (χ4n) is 3.50. The zero-order valence-corrected chi connectivity index (χ0v) is 18.2. The molecule has 0 bridgehead atoms. The van der Waals surface area contributed by atoms with E-state index < -0.39 is 14.9 Å². The Labute approximate surface area is 187 Å². The zero-order chi connectivity index (χ0) is 23.8. The fraction of sp³-hybridized carbons (Fsp3) is 0.263. The fourth-order valence-corrected chi connectivity index (χ4v) is 4.92. The number of nitrogens with zero attached hydrogens (tertiary/aromatic N) is 6. The molecule has 13 nitrogen and oxygen atoms in total. The summed E-state index contributed by atoms with van der Waals surface area (Å²) in [5, 5.41) is 21.2. The van der Waals surface area contributed by atoms with E-state index in [1.54, 1.807) is 6.92 Å². The second-order valence-electron chi connectivity index (χ2n) is 7.28. The smallest absolute Gasteiger partial charge is 0.269 e. The number of nitrogens with one attached hydrogen (secondary N) is 1. The highest BCUT2D eigenvalue weighted by Gasteiger charge is 2.31. The molecule has 0 spiro atoms. The predicted molar refractivity (Wildman–Crippen MR) is 114 cm³/mol. The number of carbonyl (C=O) groups excluding carboxylic acids is 1. The average Bonchev–Trinajstić information content (AvgIpc) is 3.20. The molecule has 1 aromatic carbocycles. The van der Waals surface area contributed by atoms with Gasteiger partial charge in [-0.25, -0.2) is 18.2 Å². The normalized spacial score (nSPS) is 14.9.